The first-order valence-corrected chi connectivity index (χ1v) is 5.17. The van der Waals surface area contributed by atoms with E-state index in [4.69, 9.17) is 5.11 Å². The molecule has 5 nitrogen and oxygen atoms in total. The average molecular weight is 216 g/mol. The molecule has 1 heterocycles. The van der Waals surface area contributed by atoms with Gasteiger partial charge in [-0.25, -0.2) is 4.79 Å². The molecule has 15 heavy (non-hydrogen) atoms. The fraction of sp³-hybridized carbons (Fsp3) is 0.900. The van der Waals surface area contributed by atoms with Gasteiger partial charge in [0, 0.05) is 31.7 Å². The molecule has 1 aliphatic heterocycles. The maximum atomic E-state index is 10.8. The van der Waals surface area contributed by atoms with Crippen molar-refractivity contribution in [3.8, 4) is 0 Å². The van der Waals surface area contributed by atoms with Gasteiger partial charge in [-0.1, -0.05) is 0 Å². The molecule has 0 aliphatic carbocycles. The van der Waals surface area contributed by atoms with E-state index >= 15 is 0 Å². The Morgan fingerprint density at radius 3 is 2.67 bits per heavy atom. The van der Waals surface area contributed by atoms with E-state index in [-0.39, 0.29) is 12.1 Å². The number of β-amino-alcohol motifs (C(OH)–C–C–N with tert-alkyl or cyclic N) is 1. The predicted octanol–water partition coefficient (Wildman–Crippen LogP) is -0.494. The van der Waals surface area contributed by atoms with Gasteiger partial charge in [-0.2, -0.15) is 0 Å². The van der Waals surface area contributed by atoms with E-state index in [1.165, 1.54) is 6.92 Å². The lowest BCUT2D eigenvalue weighted by atomic mass is 9.96. The second-order valence-corrected chi connectivity index (χ2v) is 4.99. The Labute approximate surface area is 90.1 Å². The summed E-state index contributed by atoms with van der Waals surface area (Å²) in [5, 5.41) is 21.8. The van der Waals surface area contributed by atoms with Gasteiger partial charge in [0.2, 0.25) is 0 Å². The summed E-state index contributed by atoms with van der Waals surface area (Å²) in [5.41, 5.74) is -1.79. The molecule has 1 aliphatic rings. The zero-order chi connectivity index (χ0) is 11.7. The zero-order valence-electron chi connectivity index (χ0n) is 9.58. The maximum Gasteiger partial charge on any atom is 0.336 e. The minimum Gasteiger partial charge on any atom is -0.479 e. The summed E-state index contributed by atoms with van der Waals surface area (Å²) < 4.78 is 0. The van der Waals surface area contributed by atoms with Crippen LogP contribution in [0, 0.1) is 0 Å². The van der Waals surface area contributed by atoms with Crippen molar-refractivity contribution in [2.75, 3.05) is 26.2 Å². The van der Waals surface area contributed by atoms with Crippen molar-refractivity contribution in [2.24, 2.45) is 0 Å². The Morgan fingerprint density at radius 2 is 2.20 bits per heavy atom. The highest BCUT2D eigenvalue weighted by Crippen LogP contribution is 2.19. The molecule has 0 aromatic carbocycles. The van der Waals surface area contributed by atoms with Crippen molar-refractivity contribution in [2.45, 2.75) is 31.9 Å². The minimum absolute atomic E-state index is 0.113. The van der Waals surface area contributed by atoms with Gasteiger partial charge in [-0.3, -0.25) is 4.90 Å². The van der Waals surface area contributed by atoms with E-state index in [1.807, 2.05) is 18.7 Å². The van der Waals surface area contributed by atoms with Gasteiger partial charge >= 0.3 is 5.97 Å². The Hall–Kier alpha value is -0.650. The quantitative estimate of drug-likeness (QED) is 0.593. The van der Waals surface area contributed by atoms with E-state index in [1.54, 1.807) is 0 Å². The van der Waals surface area contributed by atoms with Crippen LogP contribution in [-0.2, 0) is 4.79 Å². The second-order valence-electron chi connectivity index (χ2n) is 4.99. The number of rotatable bonds is 3. The van der Waals surface area contributed by atoms with E-state index in [0.29, 0.717) is 0 Å². The average Bonchev–Trinajstić information content (AvgIpc) is 2.08. The molecular weight excluding hydrogens is 196 g/mol. The maximum absolute atomic E-state index is 10.8. The van der Waals surface area contributed by atoms with Crippen LogP contribution in [0.25, 0.3) is 0 Å². The van der Waals surface area contributed by atoms with Gasteiger partial charge in [0.15, 0.2) is 5.60 Å². The van der Waals surface area contributed by atoms with Crippen molar-refractivity contribution in [1.82, 2.24) is 10.2 Å². The Balaban J connectivity index is 2.67. The molecule has 0 amide bonds. The van der Waals surface area contributed by atoms with Crippen molar-refractivity contribution in [1.29, 1.82) is 0 Å². The third kappa shape index (κ3) is 2.90. The summed E-state index contributed by atoms with van der Waals surface area (Å²) in [6.07, 6.45) is 0. The lowest BCUT2D eigenvalue weighted by Gasteiger charge is -2.44. The molecule has 0 saturated carbocycles. The van der Waals surface area contributed by atoms with Crippen LogP contribution < -0.4 is 5.32 Å². The van der Waals surface area contributed by atoms with Crippen molar-refractivity contribution >= 4 is 5.97 Å². The van der Waals surface area contributed by atoms with Crippen LogP contribution in [0.1, 0.15) is 20.8 Å². The standard InChI is InChI=1S/C10H20N2O3/c1-9(2)6-11-4-5-12(9)7-10(3,15)8(13)14/h11,15H,4-7H2,1-3H3,(H,13,14). The first-order chi connectivity index (χ1) is 6.76. The van der Waals surface area contributed by atoms with Crippen molar-refractivity contribution < 1.29 is 15.0 Å². The molecule has 0 spiro atoms. The van der Waals surface area contributed by atoms with E-state index < -0.39 is 11.6 Å². The lowest BCUT2D eigenvalue weighted by molar-refractivity contribution is -0.160. The second kappa shape index (κ2) is 4.08. The van der Waals surface area contributed by atoms with Crippen LogP contribution >= 0.6 is 0 Å². The molecule has 1 rings (SSSR count). The summed E-state index contributed by atoms with van der Waals surface area (Å²) in [6, 6.07) is 0. The van der Waals surface area contributed by atoms with E-state index in [0.717, 1.165) is 19.6 Å². The molecule has 1 fully saturated rings. The van der Waals surface area contributed by atoms with Gasteiger partial charge in [0.25, 0.3) is 0 Å². The number of aliphatic hydroxyl groups is 1. The van der Waals surface area contributed by atoms with Crippen molar-refractivity contribution in [3.63, 3.8) is 0 Å². The highest BCUT2D eigenvalue weighted by atomic mass is 16.4. The van der Waals surface area contributed by atoms with E-state index in [2.05, 4.69) is 5.32 Å². The predicted molar refractivity (Wildman–Crippen MR) is 56.8 cm³/mol. The molecule has 0 aromatic rings. The highest BCUT2D eigenvalue weighted by molar-refractivity contribution is 5.76. The van der Waals surface area contributed by atoms with Crippen LogP contribution in [0.4, 0.5) is 0 Å². The molecule has 0 radical (unpaired) electrons. The molecule has 1 saturated heterocycles. The monoisotopic (exact) mass is 216 g/mol. The van der Waals surface area contributed by atoms with E-state index in [9.17, 15) is 9.90 Å². The zero-order valence-corrected chi connectivity index (χ0v) is 9.58. The minimum atomic E-state index is -1.67. The SMILES string of the molecule is CC(O)(CN1CCNCC1(C)C)C(=O)O. The van der Waals surface area contributed by atoms with Crippen LogP contribution in [0.15, 0.2) is 0 Å². The summed E-state index contributed by atoms with van der Waals surface area (Å²) >= 11 is 0. The molecular formula is C10H20N2O3. The Bertz CT molecular complexity index is 251. The third-order valence-corrected chi connectivity index (χ3v) is 2.93. The first kappa shape index (κ1) is 12.4. The molecule has 1 unspecified atom stereocenters. The van der Waals surface area contributed by atoms with Gasteiger partial charge in [-0.15, -0.1) is 0 Å². The number of carboxylic acids is 1. The number of piperazine rings is 1. The van der Waals surface area contributed by atoms with Crippen LogP contribution in [0.2, 0.25) is 0 Å². The smallest absolute Gasteiger partial charge is 0.336 e. The molecule has 5 heteroatoms. The molecule has 0 aromatic heterocycles. The summed E-state index contributed by atoms with van der Waals surface area (Å²) in [7, 11) is 0. The number of carbonyl (C=O) groups is 1. The van der Waals surface area contributed by atoms with Gasteiger partial charge in [0.05, 0.1) is 0 Å². The molecule has 88 valence electrons. The van der Waals surface area contributed by atoms with Gasteiger partial charge < -0.3 is 15.5 Å². The van der Waals surface area contributed by atoms with Crippen LogP contribution in [0.5, 0.6) is 0 Å². The highest BCUT2D eigenvalue weighted by Gasteiger charge is 2.38. The molecule has 1 atom stereocenters. The number of hydrogen-bond donors (Lipinski definition) is 3. The number of carboxylic acid groups (broad SMARTS) is 1. The first-order valence-electron chi connectivity index (χ1n) is 5.17. The lowest BCUT2D eigenvalue weighted by Crippen LogP contribution is -2.62. The van der Waals surface area contributed by atoms with Crippen LogP contribution in [-0.4, -0.2) is 58.4 Å². The fourth-order valence-corrected chi connectivity index (χ4v) is 1.76. The fourth-order valence-electron chi connectivity index (χ4n) is 1.76. The number of nitrogens with zero attached hydrogens (tertiary/aromatic N) is 1. The van der Waals surface area contributed by atoms with Crippen molar-refractivity contribution in [3.05, 3.63) is 0 Å². The number of aliphatic carboxylic acids is 1. The molecule has 0 bridgehead atoms. The largest absolute Gasteiger partial charge is 0.479 e. The number of hydrogen-bond acceptors (Lipinski definition) is 4. The Kier molecular flexibility index (Phi) is 3.38. The summed E-state index contributed by atoms with van der Waals surface area (Å²) in [4.78, 5) is 12.8. The third-order valence-electron chi connectivity index (χ3n) is 2.93. The summed E-state index contributed by atoms with van der Waals surface area (Å²) in [5.74, 6) is -1.17. The Morgan fingerprint density at radius 1 is 1.60 bits per heavy atom. The van der Waals surface area contributed by atoms with Gasteiger partial charge in [-0.05, 0) is 20.8 Å². The van der Waals surface area contributed by atoms with Gasteiger partial charge in [0.1, 0.15) is 0 Å². The normalized spacial score (nSPS) is 25.9. The number of nitrogens with one attached hydrogen (secondary N) is 1. The topological polar surface area (TPSA) is 72.8 Å². The van der Waals surface area contributed by atoms with Crippen LogP contribution in [0.3, 0.4) is 0 Å². The summed E-state index contributed by atoms with van der Waals surface area (Å²) in [6.45, 7) is 7.98. The molecule has 3 N–H and O–H groups in total.